The lowest BCUT2D eigenvalue weighted by Gasteiger charge is -2.11. The lowest BCUT2D eigenvalue weighted by Crippen LogP contribution is -2.34. The highest BCUT2D eigenvalue weighted by molar-refractivity contribution is 7.17. The highest BCUT2D eigenvalue weighted by Crippen LogP contribution is 2.26. The number of aryl methyl sites for hydroxylation is 1. The number of thiazole rings is 1. The first kappa shape index (κ1) is 16.1. The molecule has 116 valence electrons. The molecule has 0 aliphatic heterocycles. The van der Waals surface area contributed by atoms with E-state index in [1.165, 1.54) is 18.4 Å². The Morgan fingerprint density at radius 3 is 2.82 bits per heavy atom. The van der Waals surface area contributed by atoms with Gasteiger partial charge in [-0.1, -0.05) is 6.07 Å². The third-order valence-electron chi connectivity index (χ3n) is 2.96. The molecule has 0 aromatic carbocycles. The number of methoxy groups -OCH3 is 1. The van der Waals surface area contributed by atoms with Gasteiger partial charge in [-0.05, 0) is 26.0 Å². The molecular weight excluding hydrogens is 302 g/mol. The molecule has 0 spiro atoms. The van der Waals surface area contributed by atoms with Crippen molar-refractivity contribution in [2.45, 2.75) is 26.3 Å². The average molecular weight is 319 g/mol. The number of aromatic nitrogens is 2. The summed E-state index contributed by atoms with van der Waals surface area (Å²) < 4.78 is 4.59. The predicted octanol–water partition coefficient (Wildman–Crippen LogP) is 2.19. The van der Waals surface area contributed by atoms with Crippen molar-refractivity contribution in [1.82, 2.24) is 15.3 Å². The van der Waals surface area contributed by atoms with Gasteiger partial charge in [-0.2, -0.15) is 0 Å². The second kappa shape index (κ2) is 7.13. The van der Waals surface area contributed by atoms with Crippen LogP contribution < -0.4 is 5.32 Å². The van der Waals surface area contributed by atoms with Crippen LogP contribution in [-0.4, -0.2) is 35.0 Å². The number of carbonyl (C=O) groups excluding carboxylic acids is 2. The van der Waals surface area contributed by atoms with Crippen LogP contribution in [-0.2, 0) is 9.53 Å². The predicted molar refractivity (Wildman–Crippen MR) is 83.6 cm³/mol. The molecule has 6 nitrogen and oxygen atoms in total. The van der Waals surface area contributed by atoms with Crippen molar-refractivity contribution in [3.63, 3.8) is 0 Å². The van der Waals surface area contributed by atoms with E-state index < -0.39 is 0 Å². The Morgan fingerprint density at radius 2 is 2.18 bits per heavy atom. The van der Waals surface area contributed by atoms with Crippen molar-refractivity contribution < 1.29 is 14.3 Å². The van der Waals surface area contributed by atoms with Crippen molar-refractivity contribution in [2.24, 2.45) is 0 Å². The van der Waals surface area contributed by atoms with E-state index in [-0.39, 0.29) is 24.3 Å². The summed E-state index contributed by atoms with van der Waals surface area (Å²) in [7, 11) is 1.32. The monoisotopic (exact) mass is 319 g/mol. The highest BCUT2D eigenvalue weighted by Gasteiger charge is 2.19. The van der Waals surface area contributed by atoms with Gasteiger partial charge in [-0.15, -0.1) is 11.3 Å². The summed E-state index contributed by atoms with van der Waals surface area (Å²) in [5.41, 5.74) is 1.38. The summed E-state index contributed by atoms with van der Waals surface area (Å²) in [6, 6.07) is 5.24. The first-order chi connectivity index (χ1) is 10.5. The molecule has 0 fully saturated rings. The zero-order valence-corrected chi connectivity index (χ0v) is 13.4. The number of ether oxygens (including phenoxy) is 1. The quantitative estimate of drug-likeness (QED) is 0.854. The summed E-state index contributed by atoms with van der Waals surface area (Å²) in [5, 5.41) is 3.48. The molecule has 7 heteroatoms. The first-order valence-corrected chi connectivity index (χ1v) is 7.59. The summed E-state index contributed by atoms with van der Waals surface area (Å²) in [4.78, 5) is 32.6. The van der Waals surface area contributed by atoms with E-state index in [1.54, 1.807) is 20.0 Å². The minimum Gasteiger partial charge on any atom is -0.469 e. The highest BCUT2D eigenvalue weighted by atomic mass is 32.1. The summed E-state index contributed by atoms with van der Waals surface area (Å²) in [6.45, 7) is 3.54. The number of amides is 1. The number of carbonyl (C=O) groups is 2. The maximum absolute atomic E-state index is 12.3. The molecule has 2 aromatic heterocycles. The van der Waals surface area contributed by atoms with E-state index in [1.807, 2.05) is 18.2 Å². The van der Waals surface area contributed by atoms with Gasteiger partial charge in [0, 0.05) is 12.2 Å². The fourth-order valence-corrected chi connectivity index (χ4v) is 2.83. The van der Waals surface area contributed by atoms with Crippen molar-refractivity contribution in [1.29, 1.82) is 0 Å². The van der Waals surface area contributed by atoms with Gasteiger partial charge in [0.15, 0.2) is 0 Å². The van der Waals surface area contributed by atoms with Crippen molar-refractivity contribution >= 4 is 23.2 Å². The number of esters is 1. The molecule has 0 saturated carbocycles. The molecule has 0 radical (unpaired) electrons. The summed E-state index contributed by atoms with van der Waals surface area (Å²) in [6.07, 6.45) is 1.82. The largest absolute Gasteiger partial charge is 0.469 e. The van der Waals surface area contributed by atoms with Crippen molar-refractivity contribution in [3.8, 4) is 10.7 Å². The van der Waals surface area contributed by atoms with Gasteiger partial charge in [0.25, 0.3) is 5.91 Å². The van der Waals surface area contributed by atoms with Crippen molar-refractivity contribution in [3.05, 3.63) is 35.0 Å². The fourth-order valence-electron chi connectivity index (χ4n) is 1.88. The van der Waals surface area contributed by atoms with E-state index in [4.69, 9.17) is 0 Å². The SMILES string of the molecule is COC(=O)CC(C)NC(=O)c1sc(-c2ccccn2)nc1C. The number of hydrogen-bond donors (Lipinski definition) is 1. The maximum Gasteiger partial charge on any atom is 0.307 e. The second-order valence-electron chi connectivity index (χ2n) is 4.80. The van der Waals surface area contributed by atoms with Crippen LogP contribution in [0.15, 0.2) is 24.4 Å². The molecule has 1 N–H and O–H groups in total. The van der Waals surface area contributed by atoms with Crippen LogP contribution in [0.25, 0.3) is 10.7 Å². The Balaban J connectivity index is 2.11. The lowest BCUT2D eigenvalue weighted by atomic mass is 10.2. The molecule has 0 saturated heterocycles. The number of nitrogens with zero attached hydrogens (tertiary/aromatic N) is 2. The van der Waals surface area contributed by atoms with Gasteiger partial charge in [0.1, 0.15) is 9.88 Å². The van der Waals surface area contributed by atoms with Crippen LogP contribution in [0.2, 0.25) is 0 Å². The van der Waals surface area contributed by atoms with E-state index in [0.29, 0.717) is 15.6 Å². The lowest BCUT2D eigenvalue weighted by molar-refractivity contribution is -0.141. The van der Waals surface area contributed by atoms with Gasteiger partial charge < -0.3 is 10.1 Å². The van der Waals surface area contributed by atoms with E-state index >= 15 is 0 Å². The standard InChI is InChI=1S/C15H17N3O3S/c1-9(8-12(19)21-3)17-14(20)13-10(2)18-15(22-13)11-6-4-5-7-16-11/h4-7,9H,8H2,1-3H3,(H,17,20). The normalized spacial score (nSPS) is 11.8. The minimum atomic E-state index is -0.358. The Kier molecular flexibility index (Phi) is 5.21. The Morgan fingerprint density at radius 1 is 1.41 bits per heavy atom. The molecule has 1 amide bonds. The van der Waals surface area contributed by atoms with Crippen LogP contribution in [0.5, 0.6) is 0 Å². The van der Waals surface area contributed by atoms with Crippen LogP contribution >= 0.6 is 11.3 Å². The van der Waals surface area contributed by atoms with Gasteiger partial charge in [-0.3, -0.25) is 14.6 Å². The number of rotatable bonds is 5. The molecular formula is C15H17N3O3S. The summed E-state index contributed by atoms with van der Waals surface area (Å²) in [5.74, 6) is -0.600. The van der Waals surface area contributed by atoms with Gasteiger partial charge in [-0.25, -0.2) is 4.98 Å². The van der Waals surface area contributed by atoms with Crippen LogP contribution in [0.1, 0.15) is 28.7 Å². The summed E-state index contributed by atoms with van der Waals surface area (Å²) >= 11 is 1.29. The van der Waals surface area contributed by atoms with Gasteiger partial charge in [0.05, 0.1) is 24.9 Å². The minimum absolute atomic E-state index is 0.132. The number of hydrogen-bond acceptors (Lipinski definition) is 6. The Hall–Kier alpha value is -2.28. The van der Waals surface area contributed by atoms with E-state index in [2.05, 4.69) is 20.0 Å². The van der Waals surface area contributed by atoms with E-state index in [0.717, 1.165) is 5.69 Å². The molecule has 2 rings (SSSR count). The topological polar surface area (TPSA) is 81.2 Å². The second-order valence-corrected chi connectivity index (χ2v) is 5.80. The Bertz CT molecular complexity index is 670. The van der Waals surface area contributed by atoms with Crippen LogP contribution in [0.4, 0.5) is 0 Å². The third kappa shape index (κ3) is 3.88. The molecule has 2 heterocycles. The molecule has 0 aliphatic rings. The third-order valence-corrected chi connectivity index (χ3v) is 4.14. The molecule has 1 atom stereocenters. The Labute approximate surface area is 132 Å². The number of nitrogens with one attached hydrogen (secondary N) is 1. The fraction of sp³-hybridized carbons (Fsp3) is 0.333. The smallest absolute Gasteiger partial charge is 0.307 e. The molecule has 1 unspecified atom stereocenters. The zero-order valence-electron chi connectivity index (χ0n) is 12.6. The molecule has 0 aliphatic carbocycles. The van der Waals surface area contributed by atoms with Gasteiger partial charge in [0.2, 0.25) is 0 Å². The van der Waals surface area contributed by atoms with Crippen molar-refractivity contribution in [2.75, 3.05) is 7.11 Å². The molecule has 22 heavy (non-hydrogen) atoms. The van der Waals surface area contributed by atoms with Gasteiger partial charge >= 0.3 is 5.97 Å². The maximum atomic E-state index is 12.3. The zero-order chi connectivity index (χ0) is 16.1. The molecule has 2 aromatic rings. The van der Waals surface area contributed by atoms with Crippen LogP contribution in [0, 0.1) is 6.92 Å². The van der Waals surface area contributed by atoms with Crippen LogP contribution in [0.3, 0.4) is 0 Å². The molecule has 0 bridgehead atoms. The first-order valence-electron chi connectivity index (χ1n) is 6.77. The van der Waals surface area contributed by atoms with E-state index in [9.17, 15) is 9.59 Å². The number of pyridine rings is 1. The average Bonchev–Trinajstić information content (AvgIpc) is 2.90.